The summed E-state index contributed by atoms with van der Waals surface area (Å²) in [4.78, 5) is 24.2. The number of carbonyl (C=O) groups excluding carboxylic acids is 2. The van der Waals surface area contributed by atoms with E-state index < -0.39 is 28.9 Å². The number of nitrogens with zero attached hydrogens (tertiary/aromatic N) is 1. The number of halogens is 4. The van der Waals surface area contributed by atoms with Gasteiger partial charge >= 0.3 is 6.18 Å². The zero-order chi connectivity index (χ0) is 21.8. The lowest BCUT2D eigenvalue weighted by Gasteiger charge is -2.17. The van der Waals surface area contributed by atoms with Crippen LogP contribution in [0.25, 0.3) is 0 Å². The summed E-state index contributed by atoms with van der Waals surface area (Å²) in [5.74, 6) is -1.99. The molecular weight excluding hydrogens is 390 g/mol. The van der Waals surface area contributed by atoms with Crippen molar-refractivity contribution >= 4 is 23.7 Å². The van der Waals surface area contributed by atoms with E-state index in [-0.39, 0.29) is 17.0 Å². The number of nitrogens with one attached hydrogen (secondary N) is 2. The molecule has 0 radical (unpaired) electrons. The van der Waals surface area contributed by atoms with Crippen molar-refractivity contribution in [2.45, 2.75) is 26.9 Å². The number of hydrogen-bond donors (Lipinski definition) is 2. The minimum Gasteiger partial charge on any atom is -0.326 e. The third kappa shape index (κ3) is 6.13. The molecule has 0 bridgehead atoms. The number of hydrazone groups is 1. The third-order valence-electron chi connectivity index (χ3n) is 3.76. The number of hydrogen-bond acceptors (Lipinski definition) is 3. The molecule has 0 spiro atoms. The van der Waals surface area contributed by atoms with Gasteiger partial charge in [-0.15, -0.1) is 0 Å². The predicted octanol–water partition coefficient (Wildman–Crippen LogP) is 4.59. The Balaban J connectivity index is 2.06. The lowest BCUT2D eigenvalue weighted by atomic mass is 9.95. The van der Waals surface area contributed by atoms with Crippen LogP contribution in [0.1, 0.15) is 42.3 Å². The first-order valence-electron chi connectivity index (χ1n) is 8.49. The van der Waals surface area contributed by atoms with E-state index in [9.17, 15) is 27.2 Å². The minimum absolute atomic E-state index is 0.182. The van der Waals surface area contributed by atoms with Crippen LogP contribution in [0.15, 0.2) is 47.6 Å². The molecule has 0 fully saturated rings. The summed E-state index contributed by atoms with van der Waals surface area (Å²) < 4.78 is 51.4. The van der Waals surface area contributed by atoms with Crippen LogP contribution >= 0.6 is 0 Å². The van der Waals surface area contributed by atoms with Gasteiger partial charge in [0.25, 0.3) is 5.91 Å². The lowest BCUT2D eigenvalue weighted by Crippen LogP contribution is -2.27. The highest BCUT2D eigenvalue weighted by atomic mass is 19.4. The van der Waals surface area contributed by atoms with Crippen LogP contribution in [0.2, 0.25) is 0 Å². The molecule has 29 heavy (non-hydrogen) atoms. The van der Waals surface area contributed by atoms with E-state index >= 15 is 0 Å². The average molecular weight is 409 g/mol. The van der Waals surface area contributed by atoms with Crippen LogP contribution in [0.4, 0.5) is 23.2 Å². The molecule has 0 aliphatic rings. The maximum absolute atomic E-state index is 13.8. The summed E-state index contributed by atoms with van der Waals surface area (Å²) >= 11 is 0. The van der Waals surface area contributed by atoms with Gasteiger partial charge in [0, 0.05) is 22.2 Å². The first-order valence-corrected chi connectivity index (χ1v) is 8.49. The van der Waals surface area contributed by atoms with Crippen LogP contribution < -0.4 is 10.7 Å². The molecule has 0 aliphatic carbocycles. The van der Waals surface area contributed by atoms with Crippen LogP contribution in [0, 0.1) is 11.2 Å². The van der Waals surface area contributed by atoms with Crippen LogP contribution in [-0.2, 0) is 11.0 Å². The second-order valence-corrected chi connectivity index (χ2v) is 7.22. The molecule has 2 aromatic rings. The van der Waals surface area contributed by atoms with Gasteiger partial charge in [-0.2, -0.15) is 18.3 Å². The number of anilines is 1. The van der Waals surface area contributed by atoms with E-state index in [1.807, 2.05) is 0 Å². The van der Waals surface area contributed by atoms with Crippen LogP contribution in [0.3, 0.4) is 0 Å². The highest BCUT2D eigenvalue weighted by Crippen LogP contribution is 2.29. The summed E-state index contributed by atoms with van der Waals surface area (Å²) in [5, 5.41) is 6.25. The molecule has 2 aromatic carbocycles. The molecule has 0 unspecified atom stereocenters. The van der Waals surface area contributed by atoms with Crippen molar-refractivity contribution < 1.29 is 27.2 Å². The largest absolute Gasteiger partial charge is 0.416 e. The Morgan fingerprint density at radius 1 is 1.03 bits per heavy atom. The standard InChI is InChI=1S/C20H19F4N3O2/c1-19(2,3)18(29)26-15-6-4-5-12(9-15)17(28)27-25-11-13-7-8-14(10-16(13)21)20(22,23)24/h4-11H,1-3H3,(H,26,29)(H,27,28). The summed E-state index contributed by atoms with van der Waals surface area (Å²) in [6, 6.07) is 8.08. The minimum atomic E-state index is -4.65. The summed E-state index contributed by atoms with van der Waals surface area (Å²) in [6.45, 7) is 5.23. The van der Waals surface area contributed by atoms with Crippen LogP contribution in [-0.4, -0.2) is 18.0 Å². The fourth-order valence-corrected chi connectivity index (χ4v) is 2.09. The van der Waals surface area contributed by atoms with Gasteiger partial charge in [0.2, 0.25) is 5.91 Å². The predicted molar refractivity (Wildman–Crippen MR) is 101 cm³/mol. The average Bonchev–Trinajstić information content (AvgIpc) is 2.61. The molecule has 0 aromatic heterocycles. The second kappa shape index (κ2) is 8.42. The number of carbonyl (C=O) groups is 2. The smallest absolute Gasteiger partial charge is 0.326 e. The molecule has 2 N–H and O–H groups in total. The van der Waals surface area contributed by atoms with Crippen molar-refractivity contribution in [3.63, 3.8) is 0 Å². The van der Waals surface area contributed by atoms with E-state index in [1.54, 1.807) is 32.9 Å². The number of amides is 2. The molecule has 5 nitrogen and oxygen atoms in total. The van der Waals surface area contributed by atoms with E-state index in [0.29, 0.717) is 17.8 Å². The summed E-state index contributed by atoms with van der Waals surface area (Å²) in [7, 11) is 0. The van der Waals surface area contributed by atoms with E-state index in [0.717, 1.165) is 12.3 Å². The maximum Gasteiger partial charge on any atom is 0.416 e. The molecule has 0 heterocycles. The highest BCUT2D eigenvalue weighted by Gasteiger charge is 2.31. The third-order valence-corrected chi connectivity index (χ3v) is 3.76. The van der Waals surface area contributed by atoms with E-state index in [1.165, 1.54) is 12.1 Å². The van der Waals surface area contributed by atoms with Crippen molar-refractivity contribution in [2.24, 2.45) is 10.5 Å². The van der Waals surface area contributed by atoms with E-state index in [4.69, 9.17) is 0 Å². The van der Waals surface area contributed by atoms with Gasteiger partial charge in [0.05, 0.1) is 11.8 Å². The molecular formula is C20H19F4N3O2. The zero-order valence-electron chi connectivity index (χ0n) is 15.9. The lowest BCUT2D eigenvalue weighted by molar-refractivity contribution is -0.137. The van der Waals surface area contributed by atoms with Crippen molar-refractivity contribution in [3.8, 4) is 0 Å². The van der Waals surface area contributed by atoms with Gasteiger partial charge in [-0.1, -0.05) is 26.8 Å². The molecule has 9 heteroatoms. The van der Waals surface area contributed by atoms with Gasteiger partial charge in [0.1, 0.15) is 5.82 Å². The van der Waals surface area contributed by atoms with Gasteiger partial charge in [-0.3, -0.25) is 9.59 Å². The summed E-state index contributed by atoms with van der Waals surface area (Å²) in [6.07, 6.45) is -3.75. The van der Waals surface area contributed by atoms with Crippen molar-refractivity contribution in [1.82, 2.24) is 5.43 Å². The van der Waals surface area contributed by atoms with Gasteiger partial charge in [-0.05, 0) is 36.4 Å². The molecule has 2 amide bonds. The molecule has 0 atom stereocenters. The van der Waals surface area contributed by atoms with Gasteiger partial charge in [0.15, 0.2) is 0 Å². The van der Waals surface area contributed by atoms with Crippen molar-refractivity contribution in [1.29, 1.82) is 0 Å². The Morgan fingerprint density at radius 2 is 1.72 bits per heavy atom. The first-order chi connectivity index (χ1) is 13.4. The Labute approximate surface area is 164 Å². The monoisotopic (exact) mass is 409 g/mol. The molecule has 154 valence electrons. The summed E-state index contributed by atoms with van der Waals surface area (Å²) in [5.41, 5.74) is 0.799. The Bertz CT molecular complexity index is 947. The normalized spacial score (nSPS) is 12.1. The number of rotatable bonds is 4. The quantitative estimate of drug-likeness (QED) is 0.440. The fraction of sp³-hybridized carbons (Fsp3) is 0.250. The topological polar surface area (TPSA) is 70.6 Å². The fourth-order valence-electron chi connectivity index (χ4n) is 2.09. The van der Waals surface area contributed by atoms with Crippen molar-refractivity contribution in [2.75, 3.05) is 5.32 Å². The van der Waals surface area contributed by atoms with Gasteiger partial charge in [-0.25, -0.2) is 9.82 Å². The Morgan fingerprint density at radius 3 is 2.31 bits per heavy atom. The molecule has 2 rings (SSSR count). The van der Waals surface area contributed by atoms with E-state index in [2.05, 4.69) is 15.8 Å². The van der Waals surface area contributed by atoms with Crippen molar-refractivity contribution in [3.05, 3.63) is 65.0 Å². The maximum atomic E-state index is 13.8. The zero-order valence-corrected chi connectivity index (χ0v) is 15.9. The Hall–Kier alpha value is -3.23. The molecule has 0 saturated carbocycles. The highest BCUT2D eigenvalue weighted by molar-refractivity contribution is 5.98. The van der Waals surface area contributed by atoms with Gasteiger partial charge < -0.3 is 5.32 Å². The number of alkyl halides is 3. The number of benzene rings is 2. The molecule has 0 saturated heterocycles. The second-order valence-electron chi connectivity index (χ2n) is 7.22. The molecule has 0 aliphatic heterocycles. The van der Waals surface area contributed by atoms with Crippen LogP contribution in [0.5, 0.6) is 0 Å². The Kier molecular flexibility index (Phi) is 6.41. The first kappa shape index (κ1) is 22.1. The SMILES string of the molecule is CC(C)(C)C(=O)Nc1cccc(C(=O)NN=Cc2ccc(C(F)(F)F)cc2F)c1.